The van der Waals surface area contributed by atoms with Crippen LogP contribution in [0.3, 0.4) is 0 Å². The average Bonchev–Trinajstić information content (AvgIpc) is 2.76. The third-order valence-electron chi connectivity index (χ3n) is 3.96. The van der Waals surface area contributed by atoms with Gasteiger partial charge in [-0.05, 0) is 47.8 Å². The summed E-state index contributed by atoms with van der Waals surface area (Å²) in [5, 5.41) is 13.2. The lowest BCUT2D eigenvalue weighted by atomic mass is 9.98. The van der Waals surface area contributed by atoms with Crippen LogP contribution < -0.4 is 16.4 Å². The summed E-state index contributed by atoms with van der Waals surface area (Å²) in [7, 11) is 0. The van der Waals surface area contributed by atoms with Crippen LogP contribution in [-0.4, -0.2) is 54.4 Å². The quantitative estimate of drug-likeness (QED) is 0.223. The highest BCUT2D eigenvalue weighted by atomic mass is 32.2. The van der Waals surface area contributed by atoms with Crippen LogP contribution in [0.15, 0.2) is 48.5 Å². The third kappa shape index (κ3) is 9.25. The fourth-order valence-corrected chi connectivity index (χ4v) is 3.10. The Morgan fingerprint density at radius 2 is 1.97 bits per heavy atom. The van der Waals surface area contributed by atoms with Crippen LogP contribution in [0.2, 0.25) is 0 Å². The Labute approximate surface area is 182 Å². The van der Waals surface area contributed by atoms with Gasteiger partial charge < -0.3 is 21.5 Å². The van der Waals surface area contributed by atoms with Crippen LogP contribution in [0.25, 0.3) is 11.1 Å². The van der Waals surface area contributed by atoms with E-state index in [-0.39, 0.29) is 18.4 Å². The zero-order valence-corrected chi connectivity index (χ0v) is 18.2. The summed E-state index contributed by atoms with van der Waals surface area (Å²) in [5.74, 6) is 1.62. The Balaban J connectivity index is 0.00000132. The molecule has 0 aromatic heterocycles. The molecule has 1 atom stereocenters. The van der Waals surface area contributed by atoms with Crippen LogP contribution in [0.4, 0.5) is 5.69 Å². The van der Waals surface area contributed by atoms with Gasteiger partial charge in [-0.25, -0.2) is 0 Å². The molecule has 158 valence electrons. The lowest BCUT2D eigenvalue weighted by molar-refractivity contribution is -0.122. The molecule has 2 rings (SSSR count). The number of amides is 1. The highest BCUT2D eigenvalue weighted by molar-refractivity contribution is 7.98. The van der Waals surface area contributed by atoms with E-state index in [0.29, 0.717) is 24.4 Å². The fourth-order valence-electron chi connectivity index (χ4n) is 2.54. The number of hydrogen-bond acceptors (Lipinski definition) is 6. The molecule has 0 fully saturated rings. The molecule has 0 spiro atoms. The van der Waals surface area contributed by atoms with Crippen LogP contribution in [0, 0.1) is 0 Å². The normalized spacial score (nSPS) is 11.0. The molecule has 0 radical (unpaired) electrons. The Morgan fingerprint density at radius 3 is 2.59 bits per heavy atom. The zero-order chi connectivity index (χ0) is 21.5. The molecule has 0 aliphatic rings. The smallest absolute Gasteiger partial charge is 0.290 e. The molecule has 8 heteroatoms. The average molecular weight is 436 g/mol. The standard InChI is InChI=1S/C20H27N3OS2.CH2O2/c1-26-11-5-10-22-20(24)18-9-8-17(23-13-16(21)14-25)12-19(18)15-6-3-2-4-7-15;2-1-3/h2-4,6-9,12,16,23,25H,5,10-11,13-14,21H2,1H3,(H,22,24);1H,(H,2,3). The van der Waals surface area contributed by atoms with Gasteiger partial charge in [-0.3, -0.25) is 9.59 Å². The molecule has 6 nitrogen and oxygen atoms in total. The van der Waals surface area contributed by atoms with Crippen molar-refractivity contribution in [2.75, 3.05) is 36.2 Å². The van der Waals surface area contributed by atoms with E-state index < -0.39 is 0 Å². The van der Waals surface area contributed by atoms with Crippen LogP contribution in [0.1, 0.15) is 16.8 Å². The first-order valence-electron chi connectivity index (χ1n) is 9.22. The molecule has 5 N–H and O–H groups in total. The molecular formula is C21H29N3O3S2. The number of nitrogens with one attached hydrogen (secondary N) is 2. The number of carboxylic acid groups (broad SMARTS) is 1. The molecule has 0 bridgehead atoms. The van der Waals surface area contributed by atoms with Crippen molar-refractivity contribution in [3.63, 3.8) is 0 Å². The number of carbonyl (C=O) groups is 2. The van der Waals surface area contributed by atoms with Crippen molar-refractivity contribution in [3.8, 4) is 11.1 Å². The number of thioether (sulfide) groups is 1. The summed E-state index contributed by atoms with van der Waals surface area (Å²) in [6.07, 6.45) is 3.04. The van der Waals surface area contributed by atoms with Crippen molar-refractivity contribution in [3.05, 3.63) is 54.1 Å². The van der Waals surface area contributed by atoms with Crippen molar-refractivity contribution in [1.29, 1.82) is 0 Å². The van der Waals surface area contributed by atoms with Gasteiger partial charge in [-0.1, -0.05) is 30.3 Å². The minimum atomic E-state index is -0.250. The van der Waals surface area contributed by atoms with Gasteiger partial charge in [0.15, 0.2) is 0 Å². The number of benzene rings is 2. The number of anilines is 1. The van der Waals surface area contributed by atoms with Crippen molar-refractivity contribution in [2.24, 2.45) is 5.73 Å². The van der Waals surface area contributed by atoms with Crippen molar-refractivity contribution in [2.45, 2.75) is 12.5 Å². The van der Waals surface area contributed by atoms with Crippen LogP contribution in [-0.2, 0) is 4.79 Å². The minimum Gasteiger partial charge on any atom is -0.483 e. The van der Waals surface area contributed by atoms with E-state index in [4.69, 9.17) is 15.6 Å². The molecule has 29 heavy (non-hydrogen) atoms. The summed E-state index contributed by atoms with van der Waals surface area (Å²) in [6.45, 7) is 1.07. The van der Waals surface area contributed by atoms with E-state index >= 15 is 0 Å². The Morgan fingerprint density at radius 1 is 1.28 bits per heavy atom. The first-order chi connectivity index (χ1) is 14.1. The van der Waals surface area contributed by atoms with Gasteiger partial charge in [-0.15, -0.1) is 0 Å². The number of thiol groups is 1. The molecule has 0 saturated heterocycles. The topological polar surface area (TPSA) is 104 Å². The summed E-state index contributed by atoms with van der Waals surface area (Å²) in [4.78, 5) is 21.0. The summed E-state index contributed by atoms with van der Waals surface area (Å²) in [5.41, 5.74) is 9.48. The second-order valence-corrected chi connectivity index (χ2v) is 7.51. The molecule has 1 amide bonds. The van der Waals surface area contributed by atoms with E-state index in [1.807, 2.05) is 48.5 Å². The Hall–Kier alpha value is -2.16. The van der Waals surface area contributed by atoms with E-state index in [0.717, 1.165) is 29.0 Å². The molecule has 2 aromatic rings. The van der Waals surface area contributed by atoms with Crippen molar-refractivity contribution < 1.29 is 14.7 Å². The van der Waals surface area contributed by atoms with Gasteiger partial charge in [-0.2, -0.15) is 24.4 Å². The number of nitrogens with two attached hydrogens (primary N) is 1. The molecule has 1 unspecified atom stereocenters. The summed E-state index contributed by atoms with van der Waals surface area (Å²) < 4.78 is 0. The van der Waals surface area contributed by atoms with E-state index in [1.165, 1.54) is 0 Å². The predicted octanol–water partition coefficient (Wildman–Crippen LogP) is 3.21. The van der Waals surface area contributed by atoms with Gasteiger partial charge in [0, 0.05) is 36.1 Å². The first kappa shape index (κ1) is 24.9. The largest absolute Gasteiger partial charge is 0.483 e. The molecular weight excluding hydrogens is 406 g/mol. The summed E-state index contributed by atoms with van der Waals surface area (Å²) in [6, 6.07) is 15.8. The van der Waals surface area contributed by atoms with Gasteiger partial charge in [0.25, 0.3) is 12.4 Å². The monoisotopic (exact) mass is 435 g/mol. The van der Waals surface area contributed by atoms with Crippen molar-refractivity contribution >= 4 is 42.5 Å². The summed E-state index contributed by atoms with van der Waals surface area (Å²) >= 11 is 6.00. The molecule has 0 aliphatic heterocycles. The van der Waals surface area contributed by atoms with Crippen LogP contribution >= 0.6 is 24.4 Å². The zero-order valence-electron chi connectivity index (χ0n) is 16.5. The highest BCUT2D eigenvalue weighted by Gasteiger charge is 2.13. The van der Waals surface area contributed by atoms with E-state index in [2.05, 4.69) is 29.5 Å². The SMILES string of the molecule is CSCCCNC(=O)c1ccc(NCC(N)CS)cc1-c1ccccc1.O=CO. The van der Waals surface area contributed by atoms with Gasteiger partial charge in [0.1, 0.15) is 0 Å². The molecule has 2 aromatic carbocycles. The van der Waals surface area contributed by atoms with Crippen molar-refractivity contribution in [1.82, 2.24) is 5.32 Å². The van der Waals surface area contributed by atoms with Crippen LogP contribution in [0.5, 0.6) is 0 Å². The van der Waals surface area contributed by atoms with Gasteiger partial charge in [0.05, 0.1) is 0 Å². The maximum atomic E-state index is 12.7. The highest BCUT2D eigenvalue weighted by Crippen LogP contribution is 2.27. The molecule has 0 saturated carbocycles. The lowest BCUT2D eigenvalue weighted by Gasteiger charge is -2.15. The Kier molecular flexibility index (Phi) is 12.7. The van der Waals surface area contributed by atoms with E-state index in [9.17, 15) is 4.79 Å². The number of rotatable bonds is 10. The van der Waals surface area contributed by atoms with Gasteiger partial charge >= 0.3 is 0 Å². The van der Waals surface area contributed by atoms with E-state index in [1.54, 1.807) is 11.8 Å². The maximum Gasteiger partial charge on any atom is 0.290 e. The first-order valence-corrected chi connectivity index (χ1v) is 11.2. The molecule has 0 aliphatic carbocycles. The predicted molar refractivity (Wildman–Crippen MR) is 126 cm³/mol. The number of carbonyl (C=O) groups excluding carboxylic acids is 1. The number of hydrogen-bond donors (Lipinski definition) is 5. The third-order valence-corrected chi connectivity index (χ3v) is 5.13. The minimum absolute atomic E-state index is 0.0158. The lowest BCUT2D eigenvalue weighted by Crippen LogP contribution is -2.30. The molecule has 0 heterocycles. The van der Waals surface area contributed by atoms with Gasteiger partial charge in [0.2, 0.25) is 0 Å². The Bertz CT molecular complexity index is 745. The second-order valence-electron chi connectivity index (χ2n) is 6.16. The maximum absolute atomic E-state index is 12.7. The second kappa shape index (κ2) is 14.8. The fraction of sp³-hybridized carbons (Fsp3) is 0.333.